The zero-order valence-corrected chi connectivity index (χ0v) is 12.5. The summed E-state index contributed by atoms with van der Waals surface area (Å²) < 4.78 is 22.7. The number of benzene rings is 1. The molecule has 3 nitrogen and oxygen atoms in total. The van der Waals surface area contributed by atoms with Crippen molar-refractivity contribution >= 4 is 9.84 Å². The van der Waals surface area contributed by atoms with E-state index in [0.717, 1.165) is 19.4 Å². The molecule has 0 bridgehead atoms. The molecule has 0 amide bonds. The molecule has 0 aromatic heterocycles. The Kier molecular flexibility index (Phi) is 4.63. The van der Waals surface area contributed by atoms with Crippen LogP contribution in [0.25, 0.3) is 0 Å². The molecule has 19 heavy (non-hydrogen) atoms. The Morgan fingerprint density at radius 1 is 1.37 bits per heavy atom. The maximum atomic E-state index is 11.4. The highest BCUT2D eigenvalue weighted by Gasteiger charge is 2.29. The highest BCUT2D eigenvalue weighted by molar-refractivity contribution is 7.90. The summed E-state index contributed by atoms with van der Waals surface area (Å²) in [5.74, 6) is 0.724. The minimum absolute atomic E-state index is 0.267. The van der Waals surface area contributed by atoms with Crippen molar-refractivity contribution < 1.29 is 8.42 Å². The van der Waals surface area contributed by atoms with Gasteiger partial charge in [-0.25, -0.2) is 8.42 Å². The number of aryl methyl sites for hydroxylation is 1. The van der Waals surface area contributed by atoms with E-state index in [1.807, 2.05) is 0 Å². The SMILES string of the molecule is CCNC(CCS(C)(=O)=O)C1CCc2ccccc21. The first kappa shape index (κ1) is 14.5. The minimum atomic E-state index is -2.88. The monoisotopic (exact) mass is 281 g/mol. The molecule has 0 radical (unpaired) electrons. The molecule has 0 fully saturated rings. The van der Waals surface area contributed by atoms with Crippen molar-refractivity contribution in [3.05, 3.63) is 35.4 Å². The van der Waals surface area contributed by atoms with E-state index in [4.69, 9.17) is 0 Å². The Balaban J connectivity index is 2.12. The summed E-state index contributed by atoms with van der Waals surface area (Å²) in [4.78, 5) is 0. The lowest BCUT2D eigenvalue weighted by Crippen LogP contribution is -2.35. The van der Waals surface area contributed by atoms with E-state index >= 15 is 0 Å². The van der Waals surface area contributed by atoms with Gasteiger partial charge in [0.15, 0.2) is 0 Å². The summed E-state index contributed by atoms with van der Waals surface area (Å²) >= 11 is 0. The van der Waals surface area contributed by atoms with Gasteiger partial charge in [0.1, 0.15) is 9.84 Å². The van der Waals surface area contributed by atoms with Gasteiger partial charge in [-0.05, 0) is 42.9 Å². The first-order valence-corrected chi connectivity index (χ1v) is 9.06. The Morgan fingerprint density at radius 3 is 2.79 bits per heavy atom. The Bertz CT molecular complexity index is 525. The van der Waals surface area contributed by atoms with Crippen molar-refractivity contribution in [2.75, 3.05) is 18.6 Å². The van der Waals surface area contributed by atoms with Gasteiger partial charge >= 0.3 is 0 Å². The number of rotatable bonds is 6. The minimum Gasteiger partial charge on any atom is -0.314 e. The number of hydrogen-bond acceptors (Lipinski definition) is 3. The van der Waals surface area contributed by atoms with Crippen LogP contribution in [0.15, 0.2) is 24.3 Å². The highest BCUT2D eigenvalue weighted by Crippen LogP contribution is 2.36. The molecular formula is C15H23NO2S. The second-order valence-corrected chi connectivity index (χ2v) is 7.69. The first-order chi connectivity index (χ1) is 9.01. The fourth-order valence-electron chi connectivity index (χ4n) is 3.06. The van der Waals surface area contributed by atoms with E-state index in [9.17, 15) is 8.42 Å². The van der Waals surface area contributed by atoms with Gasteiger partial charge in [-0.1, -0.05) is 31.2 Å². The molecule has 0 saturated heterocycles. The molecule has 1 aromatic rings. The van der Waals surface area contributed by atoms with Gasteiger partial charge in [-0.3, -0.25) is 0 Å². The summed E-state index contributed by atoms with van der Waals surface area (Å²) in [7, 11) is -2.88. The fourth-order valence-corrected chi connectivity index (χ4v) is 3.74. The average Bonchev–Trinajstić information content (AvgIpc) is 2.77. The topological polar surface area (TPSA) is 46.2 Å². The fraction of sp³-hybridized carbons (Fsp3) is 0.600. The van der Waals surface area contributed by atoms with E-state index in [1.54, 1.807) is 0 Å². The van der Waals surface area contributed by atoms with E-state index < -0.39 is 9.84 Å². The Hall–Kier alpha value is -0.870. The molecule has 0 aliphatic heterocycles. The lowest BCUT2D eigenvalue weighted by molar-refractivity contribution is 0.426. The van der Waals surface area contributed by atoms with Crippen molar-refractivity contribution in [3.8, 4) is 0 Å². The first-order valence-electron chi connectivity index (χ1n) is 7.00. The normalized spacial score (nSPS) is 20.2. The van der Waals surface area contributed by atoms with Gasteiger partial charge in [0.25, 0.3) is 0 Å². The highest BCUT2D eigenvalue weighted by atomic mass is 32.2. The number of hydrogen-bond donors (Lipinski definition) is 1. The molecule has 1 aliphatic rings. The lowest BCUT2D eigenvalue weighted by atomic mass is 9.91. The van der Waals surface area contributed by atoms with Crippen LogP contribution in [0, 0.1) is 0 Å². The standard InChI is InChI=1S/C15H23NO2S/c1-3-16-15(10-11-19(2,17)18)14-9-8-12-6-4-5-7-13(12)14/h4-7,14-16H,3,8-11H2,1-2H3. The summed E-state index contributed by atoms with van der Waals surface area (Å²) in [5, 5.41) is 3.47. The van der Waals surface area contributed by atoms with Crippen molar-refractivity contribution in [1.82, 2.24) is 5.32 Å². The summed E-state index contributed by atoms with van der Waals surface area (Å²) in [6, 6.07) is 8.81. The van der Waals surface area contributed by atoms with E-state index in [0.29, 0.717) is 12.3 Å². The van der Waals surface area contributed by atoms with Crippen LogP contribution in [0.5, 0.6) is 0 Å². The van der Waals surface area contributed by atoms with Gasteiger partial charge in [-0.2, -0.15) is 0 Å². The smallest absolute Gasteiger partial charge is 0.147 e. The van der Waals surface area contributed by atoms with Crippen LogP contribution in [0.3, 0.4) is 0 Å². The van der Waals surface area contributed by atoms with Crippen LogP contribution < -0.4 is 5.32 Å². The van der Waals surface area contributed by atoms with Crippen LogP contribution >= 0.6 is 0 Å². The zero-order valence-electron chi connectivity index (χ0n) is 11.7. The van der Waals surface area contributed by atoms with Crippen LogP contribution in [-0.2, 0) is 16.3 Å². The molecule has 0 heterocycles. The number of fused-ring (bicyclic) bond motifs is 1. The summed E-state index contributed by atoms with van der Waals surface area (Å²) in [6.07, 6.45) is 4.26. The molecule has 2 rings (SSSR count). The third-order valence-electron chi connectivity index (χ3n) is 3.93. The molecular weight excluding hydrogens is 258 g/mol. The molecule has 2 atom stereocenters. The largest absolute Gasteiger partial charge is 0.314 e. The number of nitrogens with one attached hydrogen (secondary N) is 1. The molecule has 1 aliphatic carbocycles. The van der Waals surface area contributed by atoms with Crippen molar-refractivity contribution in [2.24, 2.45) is 0 Å². The molecule has 1 N–H and O–H groups in total. The predicted molar refractivity (Wildman–Crippen MR) is 79.3 cm³/mol. The van der Waals surface area contributed by atoms with Gasteiger partial charge in [0.05, 0.1) is 5.75 Å². The third-order valence-corrected chi connectivity index (χ3v) is 4.91. The maximum Gasteiger partial charge on any atom is 0.147 e. The molecule has 1 aromatic carbocycles. The molecule has 2 unspecified atom stereocenters. The second kappa shape index (κ2) is 6.06. The lowest BCUT2D eigenvalue weighted by Gasteiger charge is -2.25. The molecule has 0 spiro atoms. The van der Waals surface area contributed by atoms with Crippen LogP contribution in [0.1, 0.15) is 36.8 Å². The van der Waals surface area contributed by atoms with Crippen molar-refractivity contribution in [3.63, 3.8) is 0 Å². The third kappa shape index (κ3) is 3.80. The quantitative estimate of drug-likeness (QED) is 0.869. The van der Waals surface area contributed by atoms with Gasteiger partial charge < -0.3 is 5.32 Å². The van der Waals surface area contributed by atoms with Crippen molar-refractivity contribution in [2.45, 2.75) is 38.1 Å². The van der Waals surface area contributed by atoms with Gasteiger partial charge in [0.2, 0.25) is 0 Å². The van der Waals surface area contributed by atoms with E-state index in [2.05, 4.69) is 36.5 Å². The maximum absolute atomic E-state index is 11.4. The Labute approximate surface area is 116 Å². The Morgan fingerprint density at radius 2 is 2.11 bits per heavy atom. The van der Waals surface area contributed by atoms with E-state index in [-0.39, 0.29) is 11.8 Å². The zero-order chi connectivity index (χ0) is 13.9. The van der Waals surface area contributed by atoms with Crippen molar-refractivity contribution in [1.29, 1.82) is 0 Å². The van der Waals surface area contributed by atoms with Crippen LogP contribution in [0.4, 0.5) is 0 Å². The predicted octanol–water partition coefficient (Wildman–Crippen LogP) is 2.13. The second-order valence-electron chi connectivity index (χ2n) is 5.43. The summed E-state index contributed by atoms with van der Waals surface area (Å²) in [5.41, 5.74) is 2.83. The van der Waals surface area contributed by atoms with Crippen LogP contribution in [0.2, 0.25) is 0 Å². The summed E-state index contributed by atoms with van der Waals surface area (Å²) in [6.45, 7) is 2.96. The molecule has 0 saturated carbocycles. The van der Waals surface area contributed by atoms with Gasteiger partial charge in [0, 0.05) is 12.3 Å². The van der Waals surface area contributed by atoms with E-state index in [1.165, 1.54) is 17.4 Å². The molecule has 4 heteroatoms. The van der Waals surface area contributed by atoms with Gasteiger partial charge in [-0.15, -0.1) is 0 Å². The number of likely N-dealkylation sites (N-methyl/N-ethyl adjacent to an activating group) is 1. The average molecular weight is 281 g/mol. The number of sulfone groups is 1. The molecule has 106 valence electrons. The van der Waals surface area contributed by atoms with Crippen LogP contribution in [-0.4, -0.2) is 33.0 Å².